The first-order valence-electron chi connectivity index (χ1n) is 21.1. The molecule has 12 rings (SSSR count). The molecule has 6 aromatic carbocycles. The highest BCUT2D eigenvalue weighted by molar-refractivity contribution is 6.07. The summed E-state index contributed by atoms with van der Waals surface area (Å²) in [6, 6.07) is 54.0. The van der Waals surface area contributed by atoms with Crippen molar-refractivity contribution in [2.45, 2.75) is 24.9 Å². The Morgan fingerprint density at radius 3 is 1.74 bits per heavy atom. The third kappa shape index (κ3) is 6.17. The summed E-state index contributed by atoms with van der Waals surface area (Å²) in [5.74, 6) is 3.51. The van der Waals surface area contributed by atoms with Crippen molar-refractivity contribution in [1.82, 2.24) is 29.5 Å². The maximum Gasteiger partial charge on any atom is 0.164 e. The van der Waals surface area contributed by atoms with Crippen LogP contribution < -0.4 is 4.74 Å². The average Bonchev–Trinajstić information content (AvgIpc) is 3.91. The number of aromatic nitrogens is 6. The van der Waals surface area contributed by atoms with Crippen molar-refractivity contribution in [3.8, 4) is 79.5 Å². The van der Waals surface area contributed by atoms with Crippen LogP contribution in [0.4, 0.5) is 0 Å². The Morgan fingerprint density at radius 1 is 0.516 bits per heavy atom. The van der Waals surface area contributed by atoms with Crippen LogP contribution in [-0.2, 0) is 6.42 Å². The molecule has 2 aliphatic carbocycles. The van der Waals surface area contributed by atoms with Gasteiger partial charge in [-0.3, -0.25) is 0 Å². The molecule has 0 bridgehead atoms. The molecule has 0 saturated heterocycles. The lowest BCUT2D eigenvalue weighted by Gasteiger charge is -2.16. The summed E-state index contributed by atoms with van der Waals surface area (Å²) < 4.78 is 9.47. The van der Waals surface area contributed by atoms with Crippen LogP contribution in [0.15, 0.2) is 188 Å². The number of benzene rings is 6. The SMILES string of the molecule is C1=CC2Oc3c(cc(-c4cc(-c5ccccc5)nc(-c5ccccc5)n4)c4c5c(n(-c6cccc(-c7nc(-c8ccccc8)nc(-c8ccccc8)n7)c6)c34)CCC=C5)C2C=C1. The van der Waals surface area contributed by atoms with Gasteiger partial charge < -0.3 is 9.30 Å². The number of hydrogen-bond acceptors (Lipinski definition) is 6. The fraction of sp³-hybridized carbons (Fsp3) is 0.0727. The molecule has 2 atom stereocenters. The summed E-state index contributed by atoms with van der Waals surface area (Å²) in [6.07, 6.45) is 14.9. The number of allylic oxidation sites excluding steroid dienone is 3. The molecule has 0 spiro atoms. The lowest BCUT2D eigenvalue weighted by Crippen LogP contribution is -2.15. The maximum absolute atomic E-state index is 7.04. The maximum atomic E-state index is 7.04. The Balaban J connectivity index is 1.11. The Labute approximate surface area is 359 Å². The summed E-state index contributed by atoms with van der Waals surface area (Å²) in [5.41, 5.74) is 13.1. The molecule has 0 fully saturated rings. The van der Waals surface area contributed by atoms with Crippen LogP contribution >= 0.6 is 0 Å². The van der Waals surface area contributed by atoms with E-state index in [-0.39, 0.29) is 12.0 Å². The Morgan fingerprint density at radius 2 is 1.08 bits per heavy atom. The predicted molar refractivity (Wildman–Crippen MR) is 248 cm³/mol. The first kappa shape index (κ1) is 35.9. The lowest BCUT2D eigenvalue weighted by atomic mass is 9.88. The molecule has 294 valence electrons. The second-order valence-electron chi connectivity index (χ2n) is 15.9. The van der Waals surface area contributed by atoms with Crippen molar-refractivity contribution in [1.29, 1.82) is 0 Å². The van der Waals surface area contributed by atoms with Gasteiger partial charge in [-0.15, -0.1) is 0 Å². The number of hydrogen-bond donors (Lipinski definition) is 0. The van der Waals surface area contributed by atoms with Gasteiger partial charge in [-0.2, -0.15) is 0 Å². The smallest absolute Gasteiger partial charge is 0.164 e. The molecular formula is C55H38N6O. The highest BCUT2D eigenvalue weighted by atomic mass is 16.5. The number of fused-ring (bicyclic) bond motifs is 7. The van der Waals surface area contributed by atoms with E-state index in [0.29, 0.717) is 23.3 Å². The third-order valence-electron chi connectivity index (χ3n) is 12.1. The van der Waals surface area contributed by atoms with Gasteiger partial charge in [0.25, 0.3) is 0 Å². The van der Waals surface area contributed by atoms with Crippen molar-refractivity contribution in [3.05, 3.63) is 205 Å². The van der Waals surface area contributed by atoms with E-state index in [0.717, 1.165) is 85.5 Å². The quantitative estimate of drug-likeness (QED) is 0.160. The van der Waals surface area contributed by atoms with E-state index in [4.69, 9.17) is 29.7 Å². The van der Waals surface area contributed by atoms with E-state index in [1.165, 1.54) is 11.3 Å². The number of ether oxygens (including phenoxy) is 1. The molecular weight excluding hydrogens is 761 g/mol. The van der Waals surface area contributed by atoms with E-state index >= 15 is 0 Å². The van der Waals surface area contributed by atoms with Gasteiger partial charge in [0.2, 0.25) is 0 Å². The highest BCUT2D eigenvalue weighted by Crippen LogP contribution is 2.52. The second-order valence-corrected chi connectivity index (χ2v) is 15.9. The summed E-state index contributed by atoms with van der Waals surface area (Å²) in [4.78, 5) is 25.7. The second kappa shape index (κ2) is 14.9. The predicted octanol–water partition coefficient (Wildman–Crippen LogP) is 12.5. The largest absolute Gasteiger partial charge is 0.483 e. The Bertz CT molecular complexity index is 3150. The van der Waals surface area contributed by atoms with E-state index in [2.05, 4.69) is 114 Å². The fourth-order valence-electron chi connectivity index (χ4n) is 9.16. The molecule has 9 aromatic rings. The molecule has 0 N–H and O–H groups in total. The van der Waals surface area contributed by atoms with Crippen LogP contribution in [0.5, 0.6) is 5.75 Å². The average molecular weight is 799 g/mol. The minimum Gasteiger partial charge on any atom is -0.483 e. The molecule has 3 aliphatic rings. The summed E-state index contributed by atoms with van der Waals surface area (Å²) in [5, 5.41) is 1.11. The van der Waals surface area contributed by atoms with Crippen molar-refractivity contribution >= 4 is 17.0 Å². The molecule has 7 heteroatoms. The van der Waals surface area contributed by atoms with E-state index in [1.54, 1.807) is 0 Å². The van der Waals surface area contributed by atoms with Crippen molar-refractivity contribution in [3.63, 3.8) is 0 Å². The van der Waals surface area contributed by atoms with Gasteiger partial charge in [0.15, 0.2) is 23.3 Å². The normalized spacial score (nSPS) is 15.9. The Kier molecular flexibility index (Phi) is 8.62. The highest BCUT2D eigenvalue weighted by Gasteiger charge is 2.38. The van der Waals surface area contributed by atoms with Gasteiger partial charge in [-0.1, -0.05) is 164 Å². The summed E-state index contributed by atoms with van der Waals surface area (Å²) in [7, 11) is 0. The van der Waals surface area contributed by atoms with Crippen LogP contribution in [0.3, 0.4) is 0 Å². The number of rotatable bonds is 7. The first-order chi connectivity index (χ1) is 30.7. The zero-order valence-electron chi connectivity index (χ0n) is 33.6. The summed E-state index contributed by atoms with van der Waals surface area (Å²) in [6.45, 7) is 0. The third-order valence-corrected chi connectivity index (χ3v) is 12.1. The zero-order valence-corrected chi connectivity index (χ0v) is 33.6. The first-order valence-corrected chi connectivity index (χ1v) is 21.1. The minimum absolute atomic E-state index is 0.0578. The standard InChI is InChI=1S/C55H38N6O/c1-5-18-35(19-6-1)45-34-46(57-52(56-45)36-20-7-2-8-21-36)44-33-43-41-28-14-16-31-48(41)62-51(43)50-49(44)42-29-13-15-30-47(42)61(50)40-27-17-26-39(32-40)55-59-53(37-22-9-3-10-23-37)58-54(60-55)38-24-11-4-12-25-38/h1-14,16-29,31-34,41,48H,15,30H2. The molecule has 0 radical (unpaired) electrons. The minimum atomic E-state index is -0.112. The van der Waals surface area contributed by atoms with Gasteiger partial charge in [0.1, 0.15) is 11.9 Å². The number of nitrogens with zero attached hydrogens (tertiary/aromatic N) is 6. The molecule has 4 heterocycles. The van der Waals surface area contributed by atoms with Gasteiger partial charge in [0, 0.05) is 67.2 Å². The molecule has 1 aliphatic heterocycles. The van der Waals surface area contributed by atoms with Crippen molar-refractivity contribution in [2.75, 3.05) is 0 Å². The van der Waals surface area contributed by atoms with E-state index in [9.17, 15) is 0 Å². The van der Waals surface area contributed by atoms with Crippen molar-refractivity contribution in [2.24, 2.45) is 0 Å². The van der Waals surface area contributed by atoms with Gasteiger partial charge in [-0.05, 0) is 43.2 Å². The molecule has 0 saturated carbocycles. The lowest BCUT2D eigenvalue weighted by molar-refractivity contribution is 0.271. The molecule has 7 nitrogen and oxygen atoms in total. The van der Waals surface area contributed by atoms with Crippen LogP contribution in [0.2, 0.25) is 0 Å². The van der Waals surface area contributed by atoms with Crippen LogP contribution in [-0.4, -0.2) is 35.6 Å². The van der Waals surface area contributed by atoms with Gasteiger partial charge in [-0.25, -0.2) is 24.9 Å². The van der Waals surface area contributed by atoms with E-state index < -0.39 is 0 Å². The van der Waals surface area contributed by atoms with Crippen LogP contribution in [0.1, 0.15) is 29.2 Å². The topological polar surface area (TPSA) is 78.6 Å². The molecule has 2 unspecified atom stereocenters. The van der Waals surface area contributed by atoms with Gasteiger partial charge in [0.05, 0.1) is 16.9 Å². The molecule has 62 heavy (non-hydrogen) atoms. The van der Waals surface area contributed by atoms with Crippen LogP contribution in [0, 0.1) is 0 Å². The van der Waals surface area contributed by atoms with E-state index in [1.807, 2.05) is 84.9 Å². The van der Waals surface area contributed by atoms with Crippen molar-refractivity contribution < 1.29 is 4.74 Å². The van der Waals surface area contributed by atoms with Crippen LogP contribution in [0.25, 0.3) is 90.7 Å². The monoisotopic (exact) mass is 798 g/mol. The zero-order chi connectivity index (χ0) is 41.0. The van der Waals surface area contributed by atoms with Gasteiger partial charge >= 0.3 is 0 Å². The Hall–Kier alpha value is -8.03. The molecule has 0 amide bonds. The fourth-order valence-corrected chi connectivity index (χ4v) is 9.16. The molecule has 3 aromatic heterocycles. The summed E-state index contributed by atoms with van der Waals surface area (Å²) >= 11 is 0.